The Bertz CT molecular complexity index is 660. The summed E-state index contributed by atoms with van der Waals surface area (Å²) in [5.74, 6) is -1.03. The summed E-state index contributed by atoms with van der Waals surface area (Å²) in [5, 5.41) is 8.87. The molecule has 128 valence electrons. The van der Waals surface area contributed by atoms with Gasteiger partial charge in [0.25, 0.3) is 5.91 Å². The van der Waals surface area contributed by atoms with E-state index in [2.05, 4.69) is 0 Å². The molecule has 2 fully saturated rings. The summed E-state index contributed by atoms with van der Waals surface area (Å²) in [6.07, 6.45) is 0.769. The molecule has 0 spiro atoms. The summed E-state index contributed by atoms with van der Waals surface area (Å²) >= 11 is 0. The van der Waals surface area contributed by atoms with Crippen LogP contribution < -0.4 is 4.90 Å². The van der Waals surface area contributed by atoms with Crippen molar-refractivity contribution in [3.63, 3.8) is 0 Å². The smallest absolute Gasteiger partial charge is 0.306 e. The number of nitrogens with zero attached hydrogens (tertiary/aromatic N) is 2. The van der Waals surface area contributed by atoms with Crippen molar-refractivity contribution in [3.8, 4) is 0 Å². The van der Waals surface area contributed by atoms with Gasteiger partial charge in [-0.15, -0.1) is 0 Å². The zero-order valence-corrected chi connectivity index (χ0v) is 13.3. The van der Waals surface area contributed by atoms with Gasteiger partial charge in [-0.05, 0) is 24.6 Å². The molecular formula is C17H20N2O5. The number of carbonyl (C=O) groups excluding carboxylic acids is 2. The summed E-state index contributed by atoms with van der Waals surface area (Å²) in [7, 11) is 0. The molecule has 2 aliphatic rings. The summed E-state index contributed by atoms with van der Waals surface area (Å²) in [4.78, 5) is 38.7. The van der Waals surface area contributed by atoms with Crippen LogP contribution in [0.4, 0.5) is 5.69 Å². The van der Waals surface area contributed by atoms with Crippen molar-refractivity contribution in [1.82, 2.24) is 4.90 Å². The lowest BCUT2D eigenvalue weighted by Gasteiger charge is -2.32. The van der Waals surface area contributed by atoms with Crippen LogP contribution >= 0.6 is 0 Å². The van der Waals surface area contributed by atoms with Crippen molar-refractivity contribution in [2.75, 3.05) is 31.1 Å². The van der Waals surface area contributed by atoms with Crippen molar-refractivity contribution in [2.24, 2.45) is 0 Å². The van der Waals surface area contributed by atoms with Crippen LogP contribution in [-0.2, 0) is 14.3 Å². The van der Waals surface area contributed by atoms with E-state index >= 15 is 0 Å². The molecule has 2 saturated heterocycles. The van der Waals surface area contributed by atoms with Crippen molar-refractivity contribution in [1.29, 1.82) is 0 Å². The molecule has 24 heavy (non-hydrogen) atoms. The first-order chi connectivity index (χ1) is 11.5. The first-order valence-electron chi connectivity index (χ1n) is 8.07. The van der Waals surface area contributed by atoms with Gasteiger partial charge in [0.05, 0.1) is 19.1 Å². The number of carboxylic acids is 1. The molecule has 1 aromatic rings. The van der Waals surface area contributed by atoms with Crippen molar-refractivity contribution < 1.29 is 24.2 Å². The minimum absolute atomic E-state index is 0.0764. The lowest BCUT2D eigenvalue weighted by atomic mass is 10.1. The first kappa shape index (κ1) is 16.4. The molecule has 7 nitrogen and oxygen atoms in total. The molecule has 1 aromatic carbocycles. The highest BCUT2D eigenvalue weighted by Crippen LogP contribution is 2.23. The number of aliphatic carboxylic acids is 1. The van der Waals surface area contributed by atoms with Crippen LogP contribution in [0.2, 0.25) is 0 Å². The van der Waals surface area contributed by atoms with Gasteiger partial charge in [-0.2, -0.15) is 0 Å². The second kappa shape index (κ2) is 7.00. The number of anilines is 1. The Kier molecular flexibility index (Phi) is 4.80. The van der Waals surface area contributed by atoms with Gasteiger partial charge >= 0.3 is 5.97 Å². The van der Waals surface area contributed by atoms with Crippen LogP contribution in [0.5, 0.6) is 0 Å². The van der Waals surface area contributed by atoms with Gasteiger partial charge in [-0.1, -0.05) is 6.07 Å². The lowest BCUT2D eigenvalue weighted by molar-refractivity contribution is -0.141. The fourth-order valence-corrected chi connectivity index (χ4v) is 3.13. The van der Waals surface area contributed by atoms with E-state index in [1.54, 1.807) is 28.0 Å². The molecule has 3 rings (SSSR count). The summed E-state index contributed by atoms with van der Waals surface area (Å²) in [6.45, 7) is 1.70. The molecule has 2 heterocycles. The fraction of sp³-hybridized carbons (Fsp3) is 0.471. The predicted molar refractivity (Wildman–Crippen MR) is 85.9 cm³/mol. The minimum Gasteiger partial charge on any atom is -0.481 e. The summed E-state index contributed by atoms with van der Waals surface area (Å²) in [5.41, 5.74) is 1.24. The number of rotatable bonds is 4. The Balaban J connectivity index is 1.72. The third-order valence-corrected chi connectivity index (χ3v) is 4.31. The van der Waals surface area contributed by atoms with Crippen molar-refractivity contribution >= 4 is 23.5 Å². The van der Waals surface area contributed by atoms with Crippen molar-refractivity contribution in [3.05, 3.63) is 29.8 Å². The third-order valence-electron chi connectivity index (χ3n) is 4.31. The Morgan fingerprint density at radius 2 is 2.12 bits per heavy atom. The topological polar surface area (TPSA) is 87.2 Å². The van der Waals surface area contributed by atoms with E-state index in [1.165, 1.54) is 0 Å². The average molecular weight is 332 g/mol. The Morgan fingerprint density at radius 3 is 2.83 bits per heavy atom. The molecule has 1 unspecified atom stereocenters. The molecule has 7 heteroatoms. The minimum atomic E-state index is -0.941. The van der Waals surface area contributed by atoms with Gasteiger partial charge < -0.3 is 19.6 Å². The Hall–Kier alpha value is -2.41. The third kappa shape index (κ3) is 3.56. The molecule has 1 N–H and O–H groups in total. The molecule has 0 radical (unpaired) electrons. The van der Waals surface area contributed by atoms with Gasteiger partial charge in [0.15, 0.2) is 0 Å². The average Bonchev–Trinajstić information content (AvgIpc) is 3.00. The molecule has 0 aliphatic carbocycles. The second-order valence-corrected chi connectivity index (χ2v) is 6.04. The van der Waals surface area contributed by atoms with Crippen LogP contribution in [0, 0.1) is 0 Å². The number of carboxylic acid groups (broad SMARTS) is 1. The maximum absolute atomic E-state index is 12.7. The molecule has 0 saturated carbocycles. The zero-order valence-electron chi connectivity index (χ0n) is 13.3. The van der Waals surface area contributed by atoms with Gasteiger partial charge in [-0.3, -0.25) is 14.4 Å². The van der Waals surface area contributed by atoms with E-state index in [1.807, 2.05) is 6.07 Å². The number of amides is 2. The molecule has 0 aromatic heterocycles. The summed E-state index contributed by atoms with van der Waals surface area (Å²) < 4.78 is 5.40. The van der Waals surface area contributed by atoms with Gasteiger partial charge in [-0.25, -0.2) is 0 Å². The standard InChI is InChI=1S/C17H20N2O5/c20-15-5-2-6-19(15)13-4-1-3-12(9-13)17(23)18-7-8-24-14(11-18)10-16(21)22/h1,3-4,9,14H,2,5-8,10-11H2,(H,21,22). The highest BCUT2D eigenvalue weighted by atomic mass is 16.5. The van der Waals surface area contributed by atoms with Gasteiger partial charge in [0, 0.05) is 37.3 Å². The molecule has 1 atom stereocenters. The number of carbonyl (C=O) groups is 3. The SMILES string of the molecule is O=C(O)CC1CN(C(=O)c2cccc(N3CCCC3=O)c2)CCO1. The number of hydrogen-bond acceptors (Lipinski definition) is 4. The van der Waals surface area contributed by atoms with E-state index in [4.69, 9.17) is 9.84 Å². The van der Waals surface area contributed by atoms with Crippen LogP contribution in [0.25, 0.3) is 0 Å². The van der Waals surface area contributed by atoms with Crippen LogP contribution in [0.3, 0.4) is 0 Å². The second-order valence-electron chi connectivity index (χ2n) is 6.04. The normalized spacial score (nSPS) is 21.2. The molecule has 2 aliphatic heterocycles. The van der Waals surface area contributed by atoms with E-state index < -0.39 is 12.1 Å². The van der Waals surface area contributed by atoms with Crippen LogP contribution in [-0.4, -0.2) is 60.1 Å². The number of morpholine rings is 1. The van der Waals surface area contributed by atoms with Crippen LogP contribution in [0.1, 0.15) is 29.6 Å². The molecular weight excluding hydrogens is 312 g/mol. The van der Waals surface area contributed by atoms with Crippen LogP contribution in [0.15, 0.2) is 24.3 Å². The van der Waals surface area contributed by atoms with Gasteiger partial charge in [0.1, 0.15) is 0 Å². The zero-order chi connectivity index (χ0) is 17.1. The van der Waals surface area contributed by atoms with Gasteiger partial charge in [0.2, 0.25) is 5.91 Å². The Morgan fingerprint density at radius 1 is 1.29 bits per heavy atom. The molecule has 0 bridgehead atoms. The maximum atomic E-state index is 12.7. The predicted octanol–water partition coefficient (Wildman–Crippen LogP) is 1.13. The number of benzene rings is 1. The van der Waals surface area contributed by atoms with Crippen molar-refractivity contribution in [2.45, 2.75) is 25.4 Å². The quantitative estimate of drug-likeness (QED) is 0.893. The summed E-state index contributed by atoms with van der Waals surface area (Å²) in [6, 6.07) is 7.04. The monoisotopic (exact) mass is 332 g/mol. The van der Waals surface area contributed by atoms with E-state index in [-0.39, 0.29) is 24.8 Å². The highest BCUT2D eigenvalue weighted by Gasteiger charge is 2.27. The van der Waals surface area contributed by atoms with E-state index in [9.17, 15) is 14.4 Å². The Labute approximate surface area is 139 Å². The number of hydrogen-bond donors (Lipinski definition) is 1. The van der Waals surface area contributed by atoms with E-state index in [0.717, 1.165) is 12.1 Å². The maximum Gasteiger partial charge on any atom is 0.306 e. The number of ether oxygens (including phenoxy) is 1. The fourth-order valence-electron chi connectivity index (χ4n) is 3.13. The highest BCUT2D eigenvalue weighted by molar-refractivity contribution is 5.99. The first-order valence-corrected chi connectivity index (χ1v) is 8.07. The largest absolute Gasteiger partial charge is 0.481 e. The lowest BCUT2D eigenvalue weighted by Crippen LogP contribution is -2.46. The molecule has 2 amide bonds. The van der Waals surface area contributed by atoms with E-state index in [0.29, 0.717) is 31.7 Å².